The van der Waals surface area contributed by atoms with Crippen LogP contribution < -0.4 is 4.74 Å². The van der Waals surface area contributed by atoms with Gasteiger partial charge in [-0.2, -0.15) is 0 Å². The van der Waals surface area contributed by atoms with Crippen LogP contribution in [0.2, 0.25) is 0 Å². The molecular formula is C13H19BrO2. The fourth-order valence-electron chi connectivity index (χ4n) is 1.19. The first-order valence-corrected chi connectivity index (χ1v) is 6.52. The highest BCUT2D eigenvalue weighted by molar-refractivity contribution is 9.08. The average Bonchev–Trinajstić information content (AvgIpc) is 2.30. The average molecular weight is 287 g/mol. The molecule has 2 nitrogen and oxygen atoms in total. The van der Waals surface area contributed by atoms with Crippen LogP contribution in [0.15, 0.2) is 24.3 Å². The van der Waals surface area contributed by atoms with Gasteiger partial charge in [-0.3, -0.25) is 0 Å². The Balaban J connectivity index is 2.37. The predicted molar refractivity (Wildman–Crippen MR) is 70.3 cm³/mol. The zero-order valence-electron chi connectivity index (χ0n) is 10.1. The summed E-state index contributed by atoms with van der Waals surface area (Å²) in [5.41, 5.74) is 1.14. The van der Waals surface area contributed by atoms with Gasteiger partial charge in [0.2, 0.25) is 0 Å². The quantitative estimate of drug-likeness (QED) is 0.741. The van der Waals surface area contributed by atoms with Gasteiger partial charge in [-0.25, -0.2) is 0 Å². The van der Waals surface area contributed by atoms with Crippen LogP contribution >= 0.6 is 15.9 Å². The van der Waals surface area contributed by atoms with Gasteiger partial charge in [-0.15, -0.1) is 0 Å². The summed E-state index contributed by atoms with van der Waals surface area (Å²) in [6, 6.07) is 8.11. The highest BCUT2D eigenvalue weighted by Crippen LogP contribution is 2.17. The molecule has 1 aromatic rings. The summed E-state index contributed by atoms with van der Waals surface area (Å²) in [6.07, 6.45) is 0.879. The Morgan fingerprint density at radius 3 is 2.31 bits per heavy atom. The van der Waals surface area contributed by atoms with E-state index in [1.807, 2.05) is 12.1 Å². The Morgan fingerprint density at radius 2 is 1.81 bits per heavy atom. The Labute approximate surface area is 106 Å². The SMILES string of the molecule is COC(C)(C)CCOc1ccc(CBr)cc1. The van der Waals surface area contributed by atoms with Crippen molar-refractivity contribution >= 4 is 15.9 Å². The molecule has 0 fully saturated rings. The molecule has 0 saturated heterocycles. The molecule has 0 amide bonds. The van der Waals surface area contributed by atoms with Crippen LogP contribution in [0.5, 0.6) is 5.75 Å². The number of alkyl halides is 1. The maximum absolute atomic E-state index is 5.65. The summed E-state index contributed by atoms with van der Waals surface area (Å²) in [5, 5.41) is 0.879. The topological polar surface area (TPSA) is 18.5 Å². The van der Waals surface area contributed by atoms with E-state index in [1.54, 1.807) is 7.11 Å². The van der Waals surface area contributed by atoms with Gasteiger partial charge in [0.15, 0.2) is 0 Å². The first-order chi connectivity index (χ1) is 7.57. The molecule has 0 aliphatic heterocycles. The maximum atomic E-state index is 5.65. The van der Waals surface area contributed by atoms with Gasteiger partial charge < -0.3 is 9.47 Å². The van der Waals surface area contributed by atoms with Gasteiger partial charge in [0.1, 0.15) is 5.75 Å². The van der Waals surface area contributed by atoms with Crippen molar-refractivity contribution in [3.05, 3.63) is 29.8 Å². The van der Waals surface area contributed by atoms with E-state index in [1.165, 1.54) is 5.56 Å². The zero-order chi connectivity index (χ0) is 12.0. The summed E-state index contributed by atoms with van der Waals surface area (Å²) in [7, 11) is 1.73. The Morgan fingerprint density at radius 1 is 1.19 bits per heavy atom. The molecule has 0 aromatic heterocycles. The second kappa shape index (κ2) is 6.26. The van der Waals surface area contributed by atoms with E-state index in [9.17, 15) is 0 Å². The number of hydrogen-bond donors (Lipinski definition) is 0. The van der Waals surface area contributed by atoms with Crippen molar-refractivity contribution in [3.63, 3.8) is 0 Å². The molecule has 1 rings (SSSR count). The van der Waals surface area contributed by atoms with Gasteiger partial charge in [0, 0.05) is 18.9 Å². The van der Waals surface area contributed by atoms with Crippen LogP contribution in [0.1, 0.15) is 25.8 Å². The maximum Gasteiger partial charge on any atom is 0.119 e. The molecule has 0 aliphatic rings. The zero-order valence-corrected chi connectivity index (χ0v) is 11.7. The fraction of sp³-hybridized carbons (Fsp3) is 0.538. The molecule has 16 heavy (non-hydrogen) atoms. The lowest BCUT2D eigenvalue weighted by Crippen LogP contribution is -2.25. The number of halogens is 1. The molecule has 0 unspecified atom stereocenters. The summed E-state index contributed by atoms with van der Waals surface area (Å²) < 4.78 is 11.0. The molecule has 0 saturated carbocycles. The first kappa shape index (κ1) is 13.5. The summed E-state index contributed by atoms with van der Waals surface area (Å²) >= 11 is 3.41. The second-order valence-electron chi connectivity index (χ2n) is 4.34. The number of methoxy groups -OCH3 is 1. The van der Waals surface area contributed by atoms with Crippen LogP contribution in [0.4, 0.5) is 0 Å². The summed E-state index contributed by atoms with van der Waals surface area (Å²) in [6.45, 7) is 4.79. The minimum Gasteiger partial charge on any atom is -0.493 e. The van der Waals surface area contributed by atoms with E-state index in [-0.39, 0.29) is 5.60 Å². The van der Waals surface area contributed by atoms with Crippen LogP contribution in [0.3, 0.4) is 0 Å². The molecule has 0 heterocycles. The normalized spacial score (nSPS) is 11.5. The molecule has 0 spiro atoms. The second-order valence-corrected chi connectivity index (χ2v) is 4.90. The minimum absolute atomic E-state index is 0.115. The minimum atomic E-state index is -0.115. The smallest absolute Gasteiger partial charge is 0.119 e. The molecule has 0 atom stereocenters. The van der Waals surface area contributed by atoms with E-state index in [4.69, 9.17) is 9.47 Å². The predicted octanol–water partition coefficient (Wildman–Crippen LogP) is 3.78. The number of rotatable bonds is 6. The molecular weight excluding hydrogens is 268 g/mol. The summed E-state index contributed by atoms with van der Waals surface area (Å²) in [5.74, 6) is 0.914. The van der Waals surface area contributed by atoms with Gasteiger partial charge >= 0.3 is 0 Å². The van der Waals surface area contributed by atoms with Crippen molar-refractivity contribution in [1.29, 1.82) is 0 Å². The van der Waals surface area contributed by atoms with Gasteiger partial charge in [-0.05, 0) is 31.5 Å². The monoisotopic (exact) mass is 286 g/mol. The standard InChI is InChI=1S/C13H19BrO2/c1-13(2,15-3)8-9-16-12-6-4-11(10-14)5-7-12/h4-7H,8-10H2,1-3H3. The molecule has 0 radical (unpaired) electrons. The molecule has 0 bridgehead atoms. The van der Waals surface area contributed by atoms with Crippen LogP contribution in [0, 0.1) is 0 Å². The lowest BCUT2D eigenvalue weighted by molar-refractivity contribution is 0.00545. The Hall–Kier alpha value is -0.540. The van der Waals surface area contributed by atoms with Crippen LogP contribution in [-0.4, -0.2) is 19.3 Å². The number of benzene rings is 1. The Kier molecular flexibility index (Phi) is 5.29. The molecule has 90 valence electrons. The van der Waals surface area contributed by atoms with Crippen molar-refractivity contribution in [2.24, 2.45) is 0 Å². The van der Waals surface area contributed by atoms with E-state index in [0.717, 1.165) is 17.5 Å². The first-order valence-electron chi connectivity index (χ1n) is 5.40. The molecule has 3 heteroatoms. The van der Waals surface area contributed by atoms with Crippen molar-refractivity contribution in [3.8, 4) is 5.75 Å². The van der Waals surface area contributed by atoms with E-state index >= 15 is 0 Å². The molecule has 0 N–H and O–H groups in total. The molecule has 0 aliphatic carbocycles. The van der Waals surface area contributed by atoms with Crippen LogP contribution in [-0.2, 0) is 10.1 Å². The van der Waals surface area contributed by atoms with E-state index in [0.29, 0.717) is 6.61 Å². The van der Waals surface area contributed by atoms with Crippen molar-refractivity contribution in [1.82, 2.24) is 0 Å². The van der Waals surface area contributed by atoms with Gasteiger partial charge in [-0.1, -0.05) is 28.1 Å². The van der Waals surface area contributed by atoms with Crippen molar-refractivity contribution < 1.29 is 9.47 Å². The van der Waals surface area contributed by atoms with Crippen molar-refractivity contribution in [2.45, 2.75) is 31.2 Å². The number of hydrogen-bond acceptors (Lipinski definition) is 2. The van der Waals surface area contributed by atoms with E-state index < -0.39 is 0 Å². The highest BCUT2D eigenvalue weighted by Gasteiger charge is 2.15. The Bertz CT molecular complexity index is 306. The third-order valence-corrected chi connectivity index (χ3v) is 3.25. The third kappa shape index (κ3) is 4.54. The summed E-state index contributed by atoms with van der Waals surface area (Å²) in [4.78, 5) is 0. The third-order valence-electron chi connectivity index (χ3n) is 2.60. The lowest BCUT2D eigenvalue weighted by Gasteiger charge is -2.22. The number of ether oxygens (including phenoxy) is 2. The van der Waals surface area contributed by atoms with Crippen LogP contribution in [0.25, 0.3) is 0 Å². The largest absolute Gasteiger partial charge is 0.493 e. The van der Waals surface area contributed by atoms with Gasteiger partial charge in [0.25, 0.3) is 0 Å². The highest BCUT2D eigenvalue weighted by atomic mass is 79.9. The van der Waals surface area contributed by atoms with Gasteiger partial charge in [0.05, 0.1) is 12.2 Å². The van der Waals surface area contributed by atoms with E-state index in [2.05, 4.69) is 41.9 Å². The lowest BCUT2D eigenvalue weighted by atomic mass is 10.1. The fourth-order valence-corrected chi connectivity index (χ4v) is 1.57. The molecule has 1 aromatic carbocycles. The van der Waals surface area contributed by atoms with Crippen molar-refractivity contribution in [2.75, 3.05) is 13.7 Å².